The number of sulfonamides is 1. The summed E-state index contributed by atoms with van der Waals surface area (Å²) < 4.78 is 24.3. The largest absolute Gasteiger partial charge is 0.338 e. The molecule has 128 valence electrons. The minimum atomic E-state index is -3.10. The van der Waals surface area contributed by atoms with Gasteiger partial charge in [-0.1, -0.05) is 0 Å². The van der Waals surface area contributed by atoms with Gasteiger partial charge in [-0.25, -0.2) is 17.5 Å². The average molecular weight is 332 g/mol. The first-order valence-electron chi connectivity index (χ1n) is 8.17. The number of nitrogens with one attached hydrogen (secondary N) is 2. The highest BCUT2D eigenvalue weighted by molar-refractivity contribution is 7.88. The van der Waals surface area contributed by atoms with Crippen molar-refractivity contribution in [2.24, 2.45) is 0 Å². The van der Waals surface area contributed by atoms with Crippen LogP contribution >= 0.6 is 0 Å². The predicted octanol–water partition coefficient (Wildman–Crippen LogP) is 0.196. The number of nitrogens with zero attached hydrogens (tertiary/aromatic N) is 2. The molecule has 0 bridgehead atoms. The second-order valence-electron chi connectivity index (χ2n) is 6.24. The lowest BCUT2D eigenvalue weighted by Gasteiger charge is -2.30. The van der Waals surface area contributed by atoms with Gasteiger partial charge in [0.2, 0.25) is 10.0 Å². The Balaban J connectivity index is 1.56. The molecule has 0 spiro atoms. The molecule has 0 saturated carbocycles. The monoisotopic (exact) mass is 332 g/mol. The lowest BCUT2D eigenvalue weighted by Crippen LogP contribution is -2.49. The molecule has 22 heavy (non-hydrogen) atoms. The predicted molar refractivity (Wildman–Crippen MR) is 86.3 cm³/mol. The van der Waals surface area contributed by atoms with Gasteiger partial charge in [-0.2, -0.15) is 0 Å². The fourth-order valence-corrected chi connectivity index (χ4v) is 3.95. The van der Waals surface area contributed by atoms with Gasteiger partial charge in [0.1, 0.15) is 0 Å². The smallest absolute Gasteiger partial charge is 0.315 e. The van der Waals surface area contributed by atoms with Crippen molar-refractivity contribution in [3.63, 3.8) is 0 Å². The molecule has 0 aromatic rings. The molecule has 2 aliphatic rings. The molecule has 2 amide bonds. The van der Waals surface area contributed by atoms with Crippen molar-refractivity contribution < 1.29 is 13.2 Å². The first kappa shape index (κ1) is 17.5. The Hall–Kier alpha value is -0.860. The average Bonchev–Trinajstić information content (AvgIpc) is 2.96. The number of amides is 2. The van der Waals surface area contributed by atoms with Crippen molar-refractivity contribution in [1.82, 2.24) is 19.8 Å². The Morgan fingerprint density at radius 1 is 1.14 bits per heavy atom. The summed E-state index contributed by atoms with van der Waals surface area (Å²) in [5, 5.41) is 5.82. The summed E-state index contributed by atoms with van der Waals surface area (Å²) >= 11 is 0. The topological polar surface area (TPSA) is 81.8 Å². The van der Waals surface area contributed by atoms with Gasteiger partial charge >= 0.3 is 6.03 Å². The summed E-state index contributed by atoms with van der Waals surface area (Å²) in [6.45, 7) is 5.07. The second kappa shape index (κ2) is 8.12. The van der Waals surface area contributed by atoms with Crippen LogP contribution in [0.3, 0.4) is 0 Å². The zero-order valence-electron chi connectivity index (χ0n) is 13.4. The standard InChI is InChI=1S/C14H28N4O3S/c1-22(20,21)18-11-5-13(6-12-18)16-14(19)15-7-4-10-17-8-2-3-9-17/h13H,2-12H2,1H3,(H2,15,16,19). The van der Waals surface area contributed by atoms with E-state index in [0.717, 1.165) is 13.0 Å². The van der Waals surface area contributed by atoms with E-state index in [9.17, 15) is 13.2 Å². The van der Waals surface area contributed by atoms with Gasteiger partial charge in [-0.3, -0.25) is 0 Å². The second-order valence-corrected chi connectivity index (χ2v) is 8.22. The van der Waals surface area contributed by atoms with E-state index in [2.05, 4.69) is 15.5 Å². The van der Waals surface area contributed by atoms with Crippen LogP contribution in [0.2, 0.25) is 0 Å². The van der Waals surface area contributed by atoms with Crippen LogP contribution in [0.5, 0.6) is 0 Å². The normalized spacial score (nSPS) is 21.9. The third-order valence-electron chi connectivity index (χ3n) is 4.39. The number of carbonyl (C=O) groups is 1. The first-order chi connectivity index (χ1) is 10.4. The minimum Gasteiger partial charge on any atom is -0.338 e. The van der Waals surface area contributed by atoms with Gasteiger partial charge in [-0.05, 0) is 51.7 Å². The lowest BCUT2D eigenvalue weighted by molar-refractivity contribution is 0.227. The highest BCUT2D eigenvalue weighted by atomic mass is 32.2. The fourth-order valence-electron chi connectivity index (χ4n) is 3.08. The molecule has 0 aromatic heterocycles. The van der Waals surface area contributed by atoms with Crippen LogP contribution in [0, 0.1) is 0 Å². The summed E-state index contributed by atoms with van der Waals surface area (Å²) in [5.41, 5.74) is 0. The Kier molecular flexibility index (Phi) is 6.46. The van der Waals surface area contributed by atoms with Crippen molar-refractivity contribution in [2.75, 3.05) is 45.5 Å². The van der Waals surface area contributed by atoms with Gasteiger partial charge in [0.05, 0.1) is 6.26 Å². The first-order valence-corrected chi connectivity index (χ1v) is 10.0. The maximum absolute atomic E-state index is 11.8. The molecule has 2 rings (SSSR count). The van der Waals surface area contributed by atoms with E-state index < -0.39 is 10.0 Å². The minimum absolute atomic E-state index is 0.0663. The number of rotatable bonds is 6. The van der Waals surface area contributed by atoms with Crippen LogP contribution < -0.4 is 10.6 Å². The Morgan fingerprint density at radius 2 is 1.77 bits per heavy atom. The zero-order valence-corrected chi connectivity index (χ0v) is 14.2. The number of carbonyl (C=O) groups excluding carboxylic acids is 1. The summed E-state index contributed by atoms with van der Waals surface area (Å²) in [7, 11) is -3.10. The van der Waals surface area contributed by atoms with E-state index in [0.29, 0.717) is 32.5 Å². The summed E-state index contributed by atoms with van der Waals surface area (Å²) in [6, 6.07) is -0.0733. The quantitative estimate of drug-likeness (QED) is 0.681. The van der Waals surface area contributed by atoms with Crippen molar-refractivity contribution >= 4 is 16.1 Å². The molecule has 0 aliphatic carbocycles. The molecule has 2 aliphatic heterocycles. The Labute approximate surface area is 133 Å². The van der Waals surface area contributed by atoms with Crippen LogP contribution in [0.1, 0.15) is 32.1 Å². The molecule has 0 radical (unpaired) electrons. The van der Waals surface area contributed by atoms with E-state index in [-0.39, 0.29) is 12.1 Å². The molecule has 8 heteroatoms. The molecule has 0 unspecified atom stereocenters. The lowest BCUT2D eigenvalue weighted by atomic mass is 10.1. The van der Waals surface area contributed by atoms with Crippen molar-refractivity contribution in [1.29, 1.82) is 0 Å². The number of likely N-dealkylation sites (tertiary alicyclic amines) is 1. The molecule has 2 saturated heterocycles. The molecule has 0 aromatic carbocycles. The maximum atomic E-state index is 11.8. The third-order valence-corrected chi connectivity index (χ3v) is 5.70. The van der Waals surface area contributed by atoms with Crippen LogP contribution in [-0.4, -0.2) is 75.2 Å². The van der Waals surface area contributed by atoms with E-state index >= 15 is 0 Å². The molecular weight excluding hydrogens is 304 g/mol. The van der Waals surface area contributed by atoms with Crippen molar-refractivity contribution in [3.8, 4) is 0 Å². The van der Waals surface area contributed by atoms with Gasteiger partial charge < -0.3 is 15.5 Å². The van der Waals surface area contributed by atoms with Crippen molar-refractivity contribution in [3.05, 3.63) is 0 Å². The van der Waals surface area contributed by atoms with Gasteiger partial charge in [0.25, 0.3) is 0 Å². The molecule has 7 nitrogen and oxygen atoms in total. The van der Waals surface area contributed by atoms with Gasteiger partial charge in [0, 0.05) is 25.7 Å². The molecule has 0 atom stereocenters. The number of hydrogen-bond donors (Lipinski definition) is 2. The Morgan fingerprint density at radius 3 is 2.36 bits per heavy atom. The van der Waals surface area contributed by atoms with Crippen molar-refractivity contribution in [2.45, 2.75) is 38.1 Å². The highest BCUT2D eigenvalue weighted by Crippen LogP contribution is 2.13. The van der Waals surface area contributed by atoms with Crippen LogP contribution in [0.25, 0.3) is 0 Å². The van der Waals surface area contributed by atoms with Crippen LogP contribution in [0.15, 0.2) is 0 Å². The Bertz CT molecular complexity index is 455. The number of hydrogen-bond acceptors (Lipinski definition) is 4. The number of piperidine rings is 1. The van der Waals surface area contributed by atoms with Gasteiger partial charge in [-0.15, -0.1) is 0 Å². The summed E-state index contributed by atoms with van der Waals surface area (Å²) in [4.78, 5) is 14.2. The fraction of sp³-hybridized carbons (Fsp3) is 0.929. The summed E-state index contributed by atoms with van der Waals surface area (Å²) in [6.07, 6.45) is 6.14. The van der Waals surface area contributed by atoms with Crippen LogP contribution in [0.4, 0.5) is 4.79 Å². The molecule has 2 fully saturated rings. The molecule has 2 heterocycles. The molecular formula is C14H28N4O3S. The van der Waals surface area contributed by atoms with E-state index in [4.69, 9.17) is 0 Å². The third kappa shape index (κ3) is 5.73. The number of urea groups is 1. The summed E-state index contributed by atoms with van der Waals surface area (Å²) in [5.74, 6) is 0. The zero-order chi connectivity index (χ0) is 16.0. The SMILES string of the molecule is CS(=O)(=O)N1CCC(NC(=O)NCCCN2CCCC2)CC1. The maximum Gasteiger partial charge on any atom is 0.315 e. The van der Waals surface area contributed by atoms with Gasteiger partial charge in [0.15, 0.2) is 0 Å². The van der Waals surface area contributed by atoms with E-state index in [1.54, 1.807) is 0 Å². The van der Waals surface area contributed by atoms with E-state index in [1.165, 1.54) is 36.5 Å². The van der Waals surface area contributed by atoms with E-state index in [1.807, 2.05) is 0 Å². The molecule has 2 N–H and O–H groups in total. The highest BCUT2D eigenvalue weighted by Gasteiger charge is 2.25. The van der Waals surface area contributed by atoms with Crippen LogP contribution in [-0.2, 0) is 10.0 Å².